The summed E-state index contributed by atoms with van der Waals surface area (Å²) in [6.45, 7) is 9.13. The van der Waals surface area contributed by atoms with Crippen LogP contribution in [0.3, 0.4) is 0 Å². The summed E-state index contributed by atoms with van der Waals surface area (Å²) in [4.78, 5) is 4.99. The van der Waals surface area contributed by atoms with E-state index in [1.807, 2.05) is 19.1 Å². The highest BCUT2D eigenvalue weighted by atomic mass is 16.5. The van der Waals surface area contributed by atoms with E-state index in [-0.39, 0.29) is 5.75 Å². The van der Waals surface area contributed by atoms with Crippen LogP contribution in [-0.2, 0) is 6.54 Å². The van der Waals surface area contributed by atoms with Crippen molar-refractivity contribution in [2.24, 2.45) is 0 Å². The van der Waals surface area contributed by atoms with Gasteiger partial charge in [0.2, 0.25) is 0 Å². The third kappa shape index (κ3) is 4.35. The predicted molar refractivity (Wildman–Crippen MR) is 85.9 cm³/mol. The first kappa shape index (κ1) is 16.1. The summed E-state index contributed by atoms with van der Waals surface area (Å²) in [5.74, 6) is 0.818. The topological polar surface area (TPSA) is 35.9 Å². The number of phenols is 1. The summed E-state index contributed by atoms with van der Waals surface area (Å²) in [5.41, 5.74) is 1.21. The monoisotopic (exact) mass is 292 g/mol. The minimum absolute atomic E-state index is 0.225. The summed E-state index contributed by atoms with van der Waals surface area (Å²) in [7, 11) is 2.21. The number of ether oxygens (including phenoxy) is 1. The molecule has 1 heterocycles. The number of rotatable bonds is 5. The summed E-state index contributed by atoms with van der Waals surface area (Å²) in [6, 6.07) is 6.31. The second-order valence-corrected chi connectivity index (χ2v) is 5.88. The van der Waals surface area contributed by atoms with Crippen molar-refractivity contribution < 1.29 is 9.84 Å². The SMILES string of the molecule is CCOc1cc(CN2CCCN(C)CC2CC)ccc1O. The van der Waals surface area contributed by atoms with Gasteiger partial charge >= 0.3 is 0 Å². The maximum absolute atomic E-state index is 9.80. The van der Waals surface area contributed by atoms with Crippen LogP contribution < -0.4 is 4.74 Å². The van der Waals surface area contributed by atoms with E-state index in [4.69, 9.17) is 4.74 Å². The quantitative estimate of drug-likeness (QED) is 0.905. The molecule has 1 aromatic rings. The van der Waals surface area contributed by atoms with E-state index in [2.05, 4.69) is 23.8 Å². The highest BCUT2D eigenvalue weighted by Crippen LogP contribution is 2.28. The van der Waals surface area contributed by atoms with Gasteiger partial charge < -0.3 is 14.7 Å². The Morgan fingerprint density at radius 3 is 2.81 bits per heavy atom. The smallest absolute Gasteiger partial charge is 0.161 e. The van der Waals surface area contributed by atoms with Crippen molar-refractivity contribution in [3.8, 4) is 11.5 Å². The van der Waals surface area contributed by atoms with Crippen LogP contribution in [0.2, 0.25) is 0 Å². The van der Waals surface area contributed by atoms with Crippen LogP contribution in [0, 0.1) is 0 Å². The summed E-state index contributed by atoms with van der Waals surface area (Å²) in [5, 5.41) is 9.80. The molecule has 2 rings (SSSR count). The molecule has 4 heteroatoms. The number of phenolic OH excluding ortho intramolecular Hbond substituents is 1. The molecule has 0 bridgehead atoms. The van der Waals surface area contributed by atoms with Crippen molar-refractivity contribution >= 4 is 0 Å². The van der Waals surface area contributed by atoms with Crippen molar-refractivity contribution in [3.05, 3.63) is 23.8 Å². The van der Waals surface area contributed by atoms with Crippen molar-refractivity contribution in [2.75, 3.05) is 33.3 Å². The lowest BCUT2D eigenvalue weighted by Crippen LogP contribution is -2.39. The Balaban J connectivity index is 2.10. The lowest BCUT2D eigenvalue weighted by Gasteiger charge is -2.30. The number of benzene rings is 1. The molecule has 1 aliphatic heterocycles. The van der Waals surface area contributed by atoms with E-state index in [9.17, 15) is 5.11 Å². The number of aromatic hydroxyl groups is 1. The summed E-state index contributed by atoms with van der Waals surface area (Å²) in [6.07, 6.45) is 2.38. The molecule has 0 radical (unpaired) electrons. The normalized spacial score (nSPS) is 21.2. The largest absolute Gasteiger partial charge is 0.504 e. The standard InChI is InChI=1S/C17H28N2O2/c1-4-15-13-18(3)9-6-10-19(15)12-14-7-8-16(20)17(11-14)21-5-2/h7-8,11,15,20H,4-6,9-10,12-13H2,1-3H3. The van der Waals surface area contributed by atoms with Crippen LogP contribution in [0.4, 0.5) is 0 Å². The van der Waals surface area contributed by atoms with Gasteiger partial charge in [0.1, 0.15) is 0 Å². The minimum Gasteiger partial charge on any atom is -0.504 e. The molecular formula is C17H28N2O2. The maximum atomic E-state index is 9.80. The molecule has 1 atom stereocenters. The van der Waals surface area contributed by atoms with Gasteiger partial charge in [-0.15, -0.1) is 0 Å². The molecule has 1 fully saturated rings. The zero-order chi connectivity index (χ0) is 15.2. The molecule has 4 nitrogen and oxygen atoms in total. The van der Waals surface area contributed by atoms with Crippen molar-refractivity contribution in [3.63, 3.8) is 0 Å². The van der Waals surface area contributed by atoms with E-state index >= 15 is 0 Å². The second-order valence-electron chi connectivity index (χ2n) is 5.88. The van der Waals surface area contributed by atoms with Crippen LogP contribution in [-0.4, -0.2) is 54.2 Å². The first-order valence-electron chi connectivity index (χ1n) is 8.01. The fourth-order valence-corrected chi connectivity index (χ4v) is 3.05. The second kappa shape index (κ2) is 7.66. The molecule has 118 valence electrons. The first-order valence-corrected chi connectivity index (χ1v) is 8.01. The Morgan fingerprint density at radius 1 is 1.29 bits per heavy atom. The van der Waals surface area contributed by atoms with Crippen LogP contribution >= 0.6 is 0 Å². The lowest BCUT2D eigenvalue weighted by atomic mass is 10.1. The Bertz CT molecular complexity index is 450. The van der Waals surface area contributed by atoms with Crippen molar-refractivity contribution in [1.82, 2.24) is 9.80 Å². The lowest BCUT2D eigenvalue weighted by molar-refractivity contribution is 0.175. The fourth-order valence-electron chi connectivity index (χ4n) is 3.05. The Hall–Kier alpha value is -1.26. The molecule has 1 unspecified atom stereocenters. The van der Waals surface area contributed by atoms with Crippen LogP contribution in [0.1, 0.15) is 32.3 Å². The van der Waals surface area contributed by atoms with E-state index < -0.39 is 0 Å². The molecule has 0 spiro atoms. The average Bonchev–Trinajstić information content (AvgIpc) is 2.64. The van der Waals surface area contributed by atoms with Crippen LogP contribution in [0.15, 0.2) is 18.2 Å². The molecule has 1 aromatic carbocycles. The van der Waals surface area contributed by atoms with Gasteiger partial charge in [-0.25, -0.2) is 0 Å². The fraction of sp³-hybridized carbons (Fsp3) is 0.647. The van der Waals surface area contributed by atoms with E-state index in [0.717, 1.165) is 19.6 Å². The van der Waals surface area contributed by atoms with Gasteiger partial charge in [0.05, 0.1) is 6.61 Å². The van der Waals surface area contributed by atoms with Crippen LogP contribution in [0.5, 0.6) is 11.5 Å². The van der Waals surface area contributed by atoms with Crippen molar-refractivity contribution in [1.29, 1.82) is 0 Å². The zero-order valence-corrected chi connectivity index (χ0v) is 13.5. The van der Waals surface area contributed by atoms with E-state index in [1.165, 1.54) is 24.9 Å². The molecule has 1 N–H and O–H groups in total. The molecule has 21 heavy (non-hydrogen) atoms. The number of likely N-dealkylation sites (N-methyl/N-ethyl adjacent to an activating group) is 1. The van der Waals surface area contributed by atoms with Gasteiger partial charge in [0.15, 0.2) is 11.5 Å². The van der Waals surface area contributed by atoms with Crippen molar-refractivity contribution in [2.45, 2.75) is 39.3 Å². The Labute approximate surface area is 128 Å². The third-order valence-corrected chi connectivity index (χ3v) is 4.20. The van der Waals surface area contributed by atoms with Crippen LogP contribution in [0.25, 0.3) is 0 Å². The molecule has 0 saturated carbocycles. The van der Waals surface area contributed by atoms with Gasteiger partial charge in [0, 0.05) is 25.7 Å². The first-order chi connectivity index (χ1) is 10.1. The molecule has 0 aliphatic carbocycles. The van der Waals surface area contributed by atoms with Gasteiger partial charge in [-0.3, -0.25) is 4.90 Å². The molecule has 0 aromatic heterocycles. The van der Waals surface area contributed by atoms with Gasteiger partial charge in [-0.05, 0) is 51.1 Å². The van der Waals surface area contributed by atoms with Gasteiger partial charge in [-0.2, -0.15) is 0 Å². The summed E-state index contributed by atoms with van der Waals surface area (Å²) < 4.78 is 5.48. The third-order valence-electron chi connectivity index (χ3n) is 4.20. The van der Waals surface area contributed by atoms with Gasteiger partial charge in [0.25, 0.3) is 0 Å². The summed E-state index contributed by atoms with van der Waals surface area (Å²) >= 11 is 0. The van der Waals surface area contributed by atoms with Gasteiger partial charge in [-0.1, -0.05) is 13.0 Å². The van der Waals surface area contributed by atoms with E-state index in [0.29, 0.717) is 18.4 Å². The molecule has 1 aliphatic rings. The average molecular weight is 292 g/mol. The Kier molecular flexibility index (Phi) is 5.88. The maximum Gasteiger partial charge on any atom is 0.161 e. The number of nitrogens with zero attached hydrogens (tertiary/aromatic N) is 2. The van der Waals surface area contributed by atoms with E-state index in [1.54, 1.807) is 6.07 Å². The highest BCUT2D eigenvalue weighted by molar-refractivity contribution is 5.41. The predicted octanol–water partition coefficient (Wildman–Crippen LogP) is 2.71. The molecule has 0 amide bonds. The zero-order valence-electron chi connectivity index (χ0n) is 13.5. The minimum atomic E-state index is 0.225. The molecule has 1 saturated heterocycles. The number of hydrogen-bond acceptors (Lipinski definition) is 4. The molecular weight excluding hydrogens is 264 g/mol. The Morgan fingerprint density at radius 2 is 2.10 bits per heavy atom. The highest BCUT2D eigenvalue weighted by Gasteiger charge is 2.22. The number of hydrogen-bond donors (Lipinski definition) is 1.